The predicted octanol–water partition coefficient (Wildman–Crippen LogP) is 2.31. The molecule has 0 aromatic carbocycles. The molecule has 98 valence electrons. The molecule has 1 aliphatic carbocycles. The Hall–Kier alpha value is -1.62. The van der Waals surface area contributed by atoms with Crippen LogP contribution in [0.25, 0.3) is 0 Å². The summed E-state index contributed by atoms with van der Waals surface area (Å²) in [5.74, 6) is 0.889. The zero-order valence-corrected chi connectivity index (χ0v) is 11.3. The molecule has 1 fully saturated rings. The van der Waals surface area contributed by atoms with Gasteiger partial charge in [-0.25, -0.2) is 0 Å². The standard InChI is InChI=1S/C14H15N3OS/c18-13-6-9-17(12-4-5-12)14(16-13)19-10-7-11-3-1-2-8-15-11/h1-3,6,8-9,12H,4-5,7,10H2. The van der Waals surface area contributed by atoms with Crippen LogP contribution in [-0.4, -0.2) is 20.3 Å². The molecule has 0 saturated heterocycles. The number of aromatic nitrogens is 3. The molecule has 0 unspecified atom stereocenters. The van der Waals surface area contributed by atoms with Crippen LogP contribution >= 0.6 is 11.8 Å². The summed E-state index contributed by atoms with van der Waals surface area (Å²) >= 11 is 1.64. The van der Waals surface area contributed by atoms with Crippen molar-refractivity contribution >= 4 is 11.8 Å². The van der Waals surface area contributed by atoms with Gasteiger partial charge in [0.15, 0.2) is 5.16 Å². The summed E-state index contributed by atoms with van der Waals surface area (Å²) in [5.41, 5.74) is 0.920. The SMILES string of the molecule is O=c1ccn(C2CC2)c(SCCc2ccccn2)n1. The molecular formula is C14H15N3OS. The number of nitrogens with zero attached hydrogens (tertiary/aromatic N) is 3. The molecule has 0 bridgehead atoms. The van der Waals surface area contributed by atoms with E-state index >= 15 is 0 Å². The van der Waals surface area contributed by atoms with E-state index in [1.54, 1.807) is 24.0 Å². The van der Waals surface area contributed by atoms with E-state index in [4.69, 9.17) is 0 Å². The molecule has 1 aliphatic rings. The monoisotopic (exact) mass is 273 g/mol. The van der Waals surface area contributed by atoms with Crippen molar-refractivity contribution in [3.05, 3.63) is 52.7 Å². The molecule has 0 radical (unpaired) electrons. The van der Waals surface area contributed by atoms with Crippen molar-refractivity contribution in [1.29, 1.82) is 0 Å². The highest BCUT2D eigenvalue weighted by Gasteiger charge is 2.25. The Morgan fingerprint density at radius 3 is 2.95 bits per heavy atom. The fourth-order valence-electron chi connectivity index (χ4n) is 1.93. The third-order valence-electron chi connectivity index (χ3n) is 3.06. The Kier molecular flexibility index (Phi) is 3.64. The second-order valence-electron chi connectivity index (χ2n) is 4.61. The molecular weight excluding hydrogens is 258 g/mol. The normalized spacial score (nSPS) is 14.5. The maximum atomic E-state index is 11.4. The van der Waals surface area contributed by atoms with E-state index < -0.39 is 0 Å². The molecule has 0 N–H and O–H groups in total. The molecule has 19 heavy (non-hydrogen) atoms. The topological polar surface area (TPSA) is 47.8 Å². The van der Waals surface area contributed by atoms with Crippen molar-refractivity contribution in [2.75, 3.05) is 5.75 Å². The van der Waals surface area contributed by atoms with Gasteiger partial charge in [-0.3, -0.25) is 9.78 Å². The molecule has 2 aromatic rings. The van der Waals surface area contributed by atoms with Crippen LogP contribution in [-0.2, 0) is 6.42 Å². The summed E-state index contributed by atoms with van der Waals surface area (Å²) in [5, 5.41) is 0.839. The molecule has 4 nitrogen and oxygen atoms in total. The number of hydrogen-bond donors (Lipinski definition) is 0. The number of thioether (sulfide) groups is 1. The van der Waals surface area contributed by atoms with Crippen molar-refractivity contribution in [2.24, 2.45) is 0 Å². The van der Waals surface area contributed by atoms with Gasteiger partial charge in [-0.2, -0.15) is 4.98 Å². The first kappa shape index (κ1) is 12.4. The van der Waals surface area contributed by atoms with Gasteiger partial charge < -0.3 is 4.57 Å². The quantitative estimate of drug-likeness (QED) is 0.619. The Morgan fingerprint density at radius 2 is 2.21 bits per heavy atom. The van der Waals surface area contributed by atoms with Gasteiger partial charge in [-0.15, -0.1) is 0 Å². The second kappa shape index (κ2) is 5.57. The first-order valence-electron chi connectivity index (χ1n) is 6.45. The van der Waals surface area contributed by atoms with E-state index in [-0.39, 0.29) is 5.56 Å². The number of hydrogen-bond acceptors (Lipinski definition) is 4. The van der Waals surface area contributed by atoms with Crippen LogP contribution in [0, 0.1) is 0 Å². The third kappa shape index (κ3) is 3.23. The van der Waals surface area contributed by atoms with Crippen molar-refractivity contribution in [1.82, 2.24) is 14.5 Å². The zero-order valence-electron chi connectivity index (χ0n) is 10.5. The summed E-state index contributed by atoms with van der Waals surface area (Å²) in [4.78, 5) is 19.8. The lowest BCUT2D eigenvalue weighted by Crippen LogP contribution is -2.12. The highest BCUT2D eigenvalue weighted by molar-refractivity contribution is 7.99. The van der Waals surface area contributed by atoms with Crippen molar-refractivity contribution < 1.29 is 0 Å². The van der Waals surface area contributed by atoms with Gasteiger partial charge in [0.2, 0.25) is 0 Å². The van der Waals surface area contributed by atoms with E-state index in [2.05, 4.69) is 14.5 Å². The summed E-state index contributed by atoms with van der Waals surface area (Å²) in [6.07, 6.45) is 6.95. The molecule has 2 heterocycles. The van der Waals surface area contributed by atoms with Crippen LogP contribution < -0.4 is 5.56 Å². The van der Waals surface area contributed by atoms with Crippen LogP contribution in [0.5, 0.6) is 0 Å². The zero-order chi connectivity index (χ0) is 13.1. The van der Waals surface area contributed by atoms with Gasteiger partial charge in [0.05, 0.1) is 0 Å². The van der Waals surface area contributed by atoms with Crippen LogP contribution in [0.2, 0.25) is 0 Å². The third-order valence-corrected chi connectivity index (χ3v) is 4.03. The van der Waals surface area contributed by atoms with Gasteiger partial charge in [0.25, 0.3) is 5.56 Å². The van der Waals surface area contributed by atoms with Gasteiger partial charge in [-0.1, -0.05) is 17.8 Å². The molecule has 0 atom stereocenters. The summed E-state index contributed by atoms with van der Waals surface area (Å²) in [7, 11) is 0. The Labute approximate surface area is 115 Å². The van der Waals surface area contributed by atoms with Crippen LogP contribution in [0.1, 0.15) is 24.6 Å². The number of pyridine rings is 1. The maximum Gasteiger partial charge on any atom is 0.273 e. The van der Waals surface area contributed by atoms with Crippen LogP contribution in [0.3, 0.4) is 0 Å². The molecule has 0 spiro atoms. The maximum absolute atomic E-state index is 11.4. The Bertz CT molecular complexity index is 608. The van der Waals surface area contributed by atoms with Gasteiger partial charge in [0, 0.05) is 35.9 Å². The van der Waals surface area contributed by atoms with Crippen molar-refractivity contribution in [2.45, 2.75) is 30.5 Å². The predicted molar refractivity (Wildman–Crippen MR) is 75.4 cm³/mol. The fourth-order valence-corrected chi connectivity index (χ4v) is 2.93. The minimum atomic E-state index is -0.155. The summed E-state index contributed by atoms with van der Waals surface area (Å²) in [6, 6.07) is 8.02. The lowest BCUT2D eigenvalue weighted by Gasteiger charge is -2.09. The Balaban J connectivity index is 1.66. The molecule has 1 saturated carbocycles. The summed E-state index contributed by atoms with van der Waals surface area (Å²) in [6.45, 7) is 0. The second-order valence-corrected chi connectivity index (χ2v) is 5.67. The minimum absolute atomic E-state index is 0.155. The molecule has 0 aliphatic heterocycles. The first-order chi connectivity index (χ1) is 9.33. The largest absolute Gasteiger partial charge is 0.324 e. The lowest BCUT2D eigenvalue weighted by molar-refractivity contribution is 0.624. The number of rotatable bonds is 5. The average Bonchev–Trinajstić information content (AvgIpc) is 3.25. The van der Waals surface area contributed by atoms with Gasteiger partial charge in [0.1, 0.15) is 0 Å². The molecule has 3 rings (SSSR count). The highest BCUT2D eigenvalue weighted by Crippen LogP contribution is 2.36. The Morgan fingerprint density at radius 1 is 1.32 bits per heavy atom. The molecule has 2 aromatic heterocycles. The van der Waals surface area contributed by atoms with Gasteiger partial charge in [-0.05, 0) is 31.4 Å². The average molecular weight is 273 g/mol. The first-order valence-corrected chi connectivity index (χ1v) is 7.43. The smallest absolute Gasteiger partial charge is 0.273 e. The van der Waals surface area contributed by atoms with E-state index in [0.717, 1.165) is 23.0 Å². The van der Waals surface area contributed by atoms with E-state index in [1.807, 2.05) is 24.4 Å². The molecule has 5 heteroatoms. The summed E-state index contributed by atoms with van der Waals surface area (Å²) < 4.78 is 2.13. The number of aryl methyl sites for hydroxylation is 1. The molecule has 0 amide bonds. The van der Waals surface area contributed by atoms with Crippen LogP contribution in [0.15, 0.2) is 46.6 Å². The lowest BCUT2D eigenvalue weighted by atomic mass is 10.3. The van der Waals surface area contributed by atoms with Gasteiger partial charge >= 0.3 is 0 Å². The van der Waals surface area contributed by atoms with E-state index in [9.17, 15) is 4.79 Å². The van der Waals surface area contributed by atoms with E-state index in [1.165, 1.54) is 12.8 Å². The van der Waals surface area contributed by atoms with Crippen LogP contribution in [0.4, 0.5) is 0 Å². The van der Waals surface area contributed by atoms with E-state index in [0.29, 0.717) is 6.04 Å². The van der Waals surface area contributed by atoms with Crippen molar-refractivity contribution in [3.63, 3.8) is 0 Å². The minimum Gasteiger partial charge on any atom is -0.324 e. The van der Waals surface area contributed by atoms with Crippen molar-refractivity contribution in [3.8, 4) is 0 Å². The highest BCUT2D eigenvalue weighted by atomic mass is 32.2. The fraction of sp³-hybridized carbons (Fsp3) is 0.357.